The lowest BCUT2D eigenvalue weighted by atomic mass is 9.99. The quantitative estimate of drug-likeness (QED) is 0.768. The molecule has 1 amide bonds. The summed E-state index contributed by atoms with van der Waals surface area (Å²) >= 11 is 0. The predicted octanol–water partition coefficient (Wildman–Crippen LogP) is 2.97. The van der Waals surface area contributed by atoms with Gasteiger partial charge in [0.1, 0.15) is 12.4 Å². The van der Waals surface area contributed by atoms with Crippen LogP contribution in [0, 0.1) is 0 Å². The Hall–Kier alpha value is -2.86. The second-order valence-corrected chi connectivity index (χ2v) is 6.78. The van der Waals surface area contributed by atoms with Crippen LogP contribution in [0.2, 0.25) is 0 Å². The van der Waals surface area contributed by atoms with Crippen LogP contribution in [-0.2, 0) is 11.3 Å². The van der Waals surface area contributed by atoms with Crippen molar-refractivity contribution in [3.63, 3.8) is 0 Å². The van der Waals surface area contributed by atoms with E-state index in [1.165, 1.54) is 4.90 Å². The highest BCUT2D eigenvalue weighted by Gasteiger charge is 2.38. The van der Waals surface area contributed by atoms with Crippen molar-refractivity contribution >= 4 is 12.3 Å². The summed E-state index contributed by atoms with van der Waals surface area (Å²) in [5.74, 6) is 0.174. The maximum Gasteiger partial charge on any atom is 0.410 e. The minimum atomic E-state index is -0.957. The lowest BCUT2D eigenvalue weighted by Gasteiger charge is -2.22. The maximum atomic E-state index is 12.2. The molecule has 0 radical (unpaired) electrons. The monoisotopic (exact) mass is 368 g/mol. The third-order valence-electron chi connectivity index (χ3n) is 4.67. The highest BCUT2D eigenvalue weighted by Crippen LogP contribution is 2.25. The number of phenols is 1. The van der Waals surface area contributed by atoms with Gasteiger partial charge < -0.3 is 19.8 Å². The van der Waals surface area contributed by atoms with Gasteiger partial charge in [-0.25, -0.2) is 4.79 Å². The number of aliphatic hydroxyl groups is 1. The molecular weight excluding hydrogens is 344 g/mol. The summed E-state index contributed by atoms with van der Waals surface area (Å²) in [4.78, 5) is 18.0. The van der Waals surface area contributed by atoms with Crippen molar-refractivity contribution in [2.24, 2.45) is 4.99 Å². The molecule has 3 rings (SSSR count). The summed E-state index contributed by atoms with van der Waals surface area (Å²) in [5.41, 5.74) is 0.614. The standard InChI is InChI=1S/C21H24N2O4/c24-19-9-5-4-8-18(19)14-22-12-10-21(26)11-13-23(16-21)20(25)27-15-17-6-2-1-3-7-17/h1-9,14,24,26H,10-13,15-16H2. The Morgan fingerprint density at radius 2 is 1.93 bits per heavy atom. The Labute approximate surface area is 158 Å². The Bertz CT molecular complexity index is 794. The summed E-state index contributed by atoms with van der Waals surface area (Å²) in [5, 5.41) is 20.4. The number of aromatic hydroxyl groups is 1. The SMILES string of the molecule is O=C(OCc1ccccc1)N1CCC(O)(CCN=Cc2ccccc2O)C1. The Morgan fingerprint density at radius 1 is 1.19 bits per heavy atom. The average molecular weight is 368 g/mol. The van der Waals surface area contributed by atoms with E-state index in [4.69, 9.17) is 4.74 Å². The fraction of sp³-hybridized carbons (Fsp3) is 0.333. The second-order valence-electron chi connectivity index (χ2n) is 6.78. The number of β-amino-alcohol motifs (C(OH)–C–C–N with tert-alkyl or cyclic N) is 1. The number of amides is 1. The van der Waals surface area contributed by atoms with Gasteiger partial charge in [-0.15, -0.1) is 0 Å². The molecule has 0 saturated carbocycles. The van der Waals surface area contributed by atoms with E-state index in [9.17, 15) is 15.0 Å². The van der Waals surface area contributed by atoms with Gasteiger partial charge in [-0.1, -0.05) is 42.5 Å². The van der Waals surface area contributed by atoms with Gasteiger partial charge in [0.05, 0.1) is 12.1 Å². The molecule has 6 heteroatoms. The highest BCUT2D eigenvalue weighted by atomic mass is 16.6. The van der Waals surface area contributed by atoms with Crippen LogP contribution in [0.1, 0.15) is 24.0 Å². The molecule has 27 heavy (non-hydrogen) atoms. The number of nitrogens with zero attached hydrogens (tertiary/aromatic N) is 2. The normalized spacial score (nSPS) is 19.5. The molecule has 1 heterocycles. The van der Waals surface area contributed by atoms with Crippen molar-refractivity contribution in [1.29, 1.82) is 0 Å². The molecular formula is C21H24N2O4. The van der Waals surface area contributed by atoms with Gasteiger partial charge in [-0.3, -0.25) is 4.99 Å². The van der Waals surface area contributed by atoms with E-state index in [2.05, 4.69) is 4.99 Å². The number of carbonyl (C=O) groups excluding carboxylic acids is 1. The van der Waals surface area contributed by atoms with Crippen LogP contribution in [0.5, 0.6) is 5.75 Å². The third kappa shape index (κ3) is 5.31. The number of aliphatic imine (C=N–C) groups is 1. The van der Waals surface area contributed by atoms with Crippen molar-refractivity contribution in [2.75, 3.05) is 19.6 Å². The molecule has 6 nitrogen and oxygen atoms in total. The van der Waals surface area contributed by atoms with Crippen LogP contribution in [-0.4, -0.2) is 52.7 Å². The minimum absolute atomic E-state index is 0.174. The third-order valence-corrected chi connectivity index (χ3v) is 4.67. The topological polar surface area (TPSA) is 82.4 Å². The van der Waals surface area contributed by atoms with E-state index in [-0.39, 0.29) is 18.9 Å². The number of hydrogen-bond donors (Lipinski definition) is 2. The van der Waals surface area contributed by atoms with Crippen LogP contribution in [0.25, 0.3) is 0 Å². The molecule has 1 fully saturated rings. The Balaban J connectivity index is 1.44. The summed E-state index contributed by atoms with van der Waals surface area (Å²) in [7, 11) is 0. The molecule has 1 unspecified atom stereocenters. The van der Waals surface area contributed by atoms with Crippen LogP contribution >= 0.6 is 0 Å². The summed E-state index contributed by atoms with van der Waals surface area (Å²) < 4.78 is 5.32. The minimum Gasteiger partial charge on any atom is -0.507 e. The van der Waals surface area contributed by atoms with Crippen LogP contribution < -0.4 is 0 Å². The van der Waals surface area contributed by atoms with Crippen LogP contribution in [0.4, 0.5) is 4.79 Å². The van der Waals surface area contributed by atoms with Gasteiger partial charge >= 0.3 is 6.09 Å². The van der Waals surface area contributed by atoms with E-state index in [0.29, 0.717) is 31.5 Å². The van der Waals surface area contributed by atoms with Gasteiger partial charge in [-0.05, 0) is 30.5 Å². The summed E-state index contributed by atoms with van der Waals surface area (Å²) in [6.07, 6.45) is 2.13. The number of phenolic OH excluding ortho intramolecular Hbond substituents is 1. The summed E-state index contributed by atoms with van der Waals surface area (Å²) in [6, 6.07) is 16.4. The first-order valence-corrected chi connectivity index (χ1v) is 9.02. The van der Waals surface area contributed by atoms with Crippen LogP contribution in [0.3, 0.4) is 0 Å². The number of carbonyl (C=O) groups is 1. The van der Waals surface area contributed by atoms with Gasteiger partial charge in [0, 0.05) is 24.9 Å². The molecule has 142 valence electrons. The van der Waals surface area contributed by atoms with Crippen molar-refractivity contribution in [2.45, 2.75) is 25.0 Å². The number of benzene rings is 2. The predicted molar refractivity (Wildman–Crippen MR) is 103 cm³/mol. The van der Waals surface area contributed by atoms with E-state index in [1.54, 1.807) is 24.4 Å². The fourth-order valence-electron chi connectivity index (χ4n) is 3.06. The number of para-hydroxylation sites is 1. The maximum absolute atomic E-state index is 12.2. The number of likely N-dealkylation sites (tertiary alicyclic amines) is 1. The zero-order valence-electron chi connectivity index (χ0n) is 15.1. The lowest BCUT2D eigenvalue weighted by molar-refractivity contribution is 0.0384. The zero-order chi connectivity index (χ0) is 19.1. The molecule has 2 aromatic carbocycles. The van der Waals surface area contributed by atoms with Crippen molar-refractivity contribution < 1.29 is 19.7 Å². The molecule has 0 bridgehead atoms. The number of ether oxygens (including phenoxy) is 1. The Morgan fingerprint density at radius 3 is 2.70 bits per heavy atom. The molecule has 1 saturated heterocycles. The van der Waals surface area contributed by atoms with Gasteiger partial charge in [-0.2, -0.15) is 0 Å². The average Bonchev–Trinajstić information content (AvgIpc) is 3.08. The van der Waals surface area contributed by atoms with E-state index < -0.39 is 11.7 Å². The number of hydrogen-bond acceptors (Lipinski definition) is 5. The lowest BCUT2D eigenvalue weighted by Crippen LogP contribution is -2.36. The molecule has 0 spiro atoms. The fourth-order valence-corrected chi connectivity index (χ4v) is 3.06. The zero-order valence-corrected chi connectivity index (χ0v) is 15.1. The number of rotatable bonds is 6. The van der Waals surface area contributed by atoms with E-state index in [0.717, 1.165) is 5.56 Å². The second kappa shape index (κ2) is 8.68. The molecule has 1 atom stereocenters. The van der Waals surface area contributed by atoms with Gasteiger partial charge in [0.2, 0.25) is 0 Å². The molecule has 2 N–H and O–H groups in total. The van der Waals surface area contributed by atoms with Crippen molar-refractivity contribution in [3.05, 3.63) is 65.7 Å². The Kier molecular flexibility index (Phi) is 6.08. The van der Waals surface area contributed by atoms with Crippen molar-refractivity contribution in [3.8, 4) is 5.75 Å². The van der Waals surface area contributed by atoms with Crippen molar-refractivity contribution in [1.82, 2.24) is 4.90 Å². The van der Waals surface area contributed by atoms with Gasteiger partial charge in [0.15, 0.2) is 0 Å². The van der Waals surface area contributed by atoms with E-state index in [1.807, 2.05) is 36.4 Å². The van der Waals surface area contributed by atoms with E-state index >= 15 is 0 Å². The highest BCUT2D eigenvalue weighted by molar-refractivity contribution is 5.83. The molecule has 1 aliphatic rings. The molecule has 1 aliphatic heterocycles. The smallest absolute Gasteiger partial charge is 0.410 e. The molecule has 0 aliphatic carbocycles. The van der Waals surface area contributed by atoms with Crippen LogP contribution in [0.15, 0.2) is 59.6 Å². The first-order valence-electron chi connectivity index (χ1n) is 9.02. The first-order chi connectivity index (χ1) is 13.1. The molecule has 2 aromatic rings. The molecule has 0 aromatic heterocycles. The summed E-state index contributed by atoms with van der Waals surface area (Å²) in [6.45, 7) is 1.34. The largest absolute Gasteiger partial charge is 0.507 e. The first kappa shape index (κ1) is 18.9. The van der Waals surface area contributed by atoms with Gasteiger partial charge in [0.25, 0.3) is 0 Å².